The molecule has 27 heavy (non-hydrogen) atoms. The standard InChI is InChI=1S/C17H16F5N3O2/c1-9-7-24(15(26)16(2,27)17(20,21)22)8-11-6-23-14(25(9)11)12-4-3-10(18)5-13(12)19/h3-6,9,27H,7-8H2,1-2H3. The van der Waals surface area contributed by atoms with Gasteiger partial charge in [-0.2, -0.15) is 13.2 Å². The summed E-state index contributed by atoms with van der Waals surface area (Å²) in [6.07, 6.45) is -3.80. The second kappa shape index (κ2) is 6.29. The van der Waals surface area contributed by atoms with E-state index in [1.807, 2.05) is 0 Å². The number of carbonyl (C=O) groups excluding carboxylic acids is 1. The van der Waals surface area contributed by atoms with E-state index in [1.165, 1.54) is 12.3 Å². The van der Waals surface area contributed by atoms with Gasteiger partial charge >= 0.3 is 6.18 Å². The number of halogens is 5. The molecule has 1 aromatic heterocycles. The number of benzene rings is 1. The number of hydrogen-bond acceptors (Lipinski definition) is 3. The van der Waals surface area contributed by atoms with Crippen molar-refractivity contribution in [3.05, 3.63) is 41.7 Å². The molecule has 0 fully saturated rings. The molecule has 3 rings (SSSR count). The second-order valence-corrected chi connectivity index (χ2v) is 6.67. The fourth-order valence-corrected chi connectivity index (χ4v) is 3.12. The summed E-state index contributed by atoms with van der Waals surface area (Å²) >= 11 is 0. The minimum atomic E-state index is -5.12. The Morgan fingerprint density at radius 1 is 1.30 bits per heavy atom. The fourth-order valence-electron chi connectivity index (χ4n) is 3.12. The summed E-state index contributed by atoms with van der Waals surface area (Å²) in [5.74, 6) is -2.86. The Hall–Kier alpha value is -2.49. The lowest BCUT2D eigenvalue weighted by Crippen LogP contribution is -2.57. The van der Waals surface area contributed by atoms with Crippen molar-refractivity contribution in [2.75, 3.05) is 6.54 Å². The fraction of sp³-hybridized carbons (Fsp3) is 0.412. The number of nitrogens with zero attached hydrogens (tertiary/aromatic N) is 3. The highest BCUT2D eigenvalue weighted by atomic mass is 19.4. The van der Waals surface area contributed by atoms with E-state index in [-0.39, 0.29) is 24.5 Å². The lowest BCUT2D eigenvalue weighted by atomic mass is 10.0. The summed E-state index contributed by atoms with van der Waals surface area (Å²) in [4.78, 5) is 17.2. The third-order valence-electron chi connectivity index (χ3n) is 4.58. The predicted molar refractivity (Wildman–Crippen MR) is 84.4 cm³/mol. The summed E-state index contributed by atoms with van der Waals surface area (Å²) in [5.41, 5.74) is -3.10. The molecule has 146 valence electrons. The van der Waals surface area contributed by atoms with Crippen LogP contribution in [0.4, 0.5) is 22.0 Å². The van der Waals surface area contributed by atoms with Gasteiger partial charge in [0.25, 0.3) is 5.91 Å². The Morgan fingerprint density at radius 3 is 2.56 bits per heavy atom. The Balaban J connectivity index is 1.95. The number of aliphatic hydroxyl groups is 1. The molecule has 0 spiro atoms. The molecule has 1 amide bonds. The quantitative estimate of drug-likeness (QED) is 0.804. The van der Waals surface area contributed by atoms with E-state index < -0.39 is 35.4 Å². The Morgan fingerprint density at radius 2 is 1.96 bits per heavy atom. The number of alkyl halides is 3. The normalized spacial score (nSPS) is 19.6. The van der Waals surface area contributed by atoms with Gasteiger partial charge in [0.2, 0.25) is 5.60 Å². The largest absolute Gasteiger partial charge is 0.426 e. The topological polar surface area (TPSA) is 58.4 Å². The maximum Gasteiger partial charge on any atom is 0.426 e. The number of fused-ring (bicyclic) bond motifs is 1. The average Bonchev–Trinajstić information content (AvgIpc) is 2.97. The monoisotopic (exact) mass is 389 g/mol. The van der Waals surface area contributed by atoms with Crippen LogP contribution in [0.3, 0.4) is 0 Å². The molecule has 0 saturated heterocycles. The highest BCUT2D eigenvalue weighted by molar-refractivity contribution is 5.85. The van der Waals surface area contributed by atoms with Crippen LogP contribution in [0.15, 0.2) is 24.4 Å². The summed E-state index contributed by atoms with van der Waals surface area (Å²) in [7, 11) is 0. The van der Waals surface area contributed by atoms with Crippen LogP contribution in [0.25, 0.3) is 11.4 Å². The Bertz CT molecular complexity index is 891. The van der Waals surface area contributed by atoms with Gasteiger partial charge in [-0.3, -0.25) is 4.79 Å². The third-order valence-corrected chi connectivity index (χ3v) is 4.58. The van der Waals surface area contributed by atoms with Crippen LogP contribution in [0, 0.1) is 11.6 Å². The van der Waals surface area contributed by atoms with Crippen molar-refractivity contribution >= 4 is 5.91 Å². The third kappa shape index (κ3) is 3.18. The summed E-state index contributed by atoms with van der Waals surface area (Å²) in [6, 6.07) is 2.47. The lowest BCUT2D eigenvalue weighted by molar-refractivity contribution is -0.251. The van der Waals surface area contributed by atoms with Crippen molar-refractivity contribution in [2.45, 2.75) is 38.2 Å². The summed E-state index contributed by atoms with van der Waals surface area (Å²) in [6.45, 7) is 1.67. The molecular weight excluding hydrogens is 373 g/mol. The Kier molecular flexibility index (Phi) is 4.49. The molecule has 1 aliphatic heterocycles. The molecule has 1 N–H and O–H groups in total. The van der Waals surface area contributed by atoms with Crippen LogP contribution in [0.5, 0.6) is 0 Å². The minimum Gasteiger partial charge on any atom is -0.373 e. The van der Waals surface area contributed by atoms with Crippen molar-refractivity contribution in [2.24, 2.45) is 0 Å². The first-order chi connectivity index (χ1) is 12.4. The van der Waals surface area contributed by atoms with Crippen molar-refractivity contribution < 1.29 is 31.9 Å². The van der Waals surface area contributed by atoms with E-state index in [0.717, 1.165) is 11.0 Å². The molecule has 0 bridgehead atoms. The highest BCUT2D eigenvalue weighted by Crippen LogP contribution is 2.35. The van der Waals surface area contributed by atoms with E-state index >= 15 is 0 Å². The molecule has 10 heteroatoms. The van der Waals surface area contributed by atoms with E-state index in [0.29, 0.717) is 18.7 Å². The predicted octanol–water partition coefficient (Wildman–Crippen LogP) is 3.04. The zero-order valence-corrected chi connectivity index (χ0v) is 14.4. The molecule has 0 aliphatic carbocycles. The molecule has 2 unspecified atom stereocenters. The van der Waals surface area contributed by atoms with Crippen LogP contribution in [0.2, 0.25) is 0 Å². The SMILES string of the molecule is CC1CN(C(=O)C(C)(O)C(F)(F)F)Cc2cnc(-c3ccc(F)cc3F)n21. The van der Waals surface area contributed by atoms with Crippen molar-refractivity contribution in [3.8, 4) is 11.4 Å². The van der Waals surface area contributed by atoms with E-state index in [9.17, 15) is 31.9 Å². The van der Waals surface area contributed by atoms with Crippen molar-refractivity contribution in [1.82, 2.24) is 14.5 Å². The van der Waals surface area contributed by atoms with Gasteiger partial charge in [-0.1, -0.05) is 0 Å². The molecule has 0 radical (unpaired) electrons. The Labute approximate surface area is 151 Å². The maximum atomic E-state index is 14.1. The number of carbonyl (C=O) groups is 1. The zero-order valence-electron chi connectivity index (χ0n) is 14.4. The van der Waals surface area contributed by atoms with Gasteiger partial charge in [-0.15, -0.1) is 0 Å². The summed E-state index contributed by atoms with van der Waals surface area (Å²) < 4.78 is 67.6. The smallest absolute Gasteiger partial charge is 0.373 e. The first-order valence-corrected chi connectivity index (χ1v) is 8.03. The van der Waals surface area contributed by atoms with Crippen LogP contribution in [-0.2, 0) is 11.3 Å². The van der Waals surface area contributed by atoms with Gasteiger partial charge < -0.3 is 14.6 Å². The molecule has 2 atom stereocenters. The molecule has 1 aromatic carbocycles. The summed E-state index contributed by atoms with van der Waals surface area (Å²) in [5, 5.41) is 9.63. The maximum absolute atomic E-state index is 14.1. The number of aromatic nitrogens is 2. The molecule has 5 nitrogen and oxygen atoms in total. The van der Waals surface area contributed by atoms with Gasteiger partial charge in [0.1, 0.15) is 17.5 Å². The van der Waals surface area contributed by atoms with E-state index in [1.54, 1.807) is 11.5 Å². The van der Waals surface area contributed by atoms with Gasteiger partial charge in [-0.05, 0) is 26.0 Å². The number of amides is 1. The number of hydrogen-bond donors (Lipinski definition) is 1. The number of imidazole rings is 1. The van der Waals surface area contributed by atoms with Crippen LogP contribution in [-0.4, -0.2) is 43.8 Å². The average molecular weight is 389 g/mol. The van der Waals surface area contributed by atoms with Gasteiger partial charge in [0.15, 0.2) is 0 Å². The molecule has 2 aromatic rings. The second-order valence-electron chi connectivity index (χ2n) is 6.67. The van der Waals surface area contributed by atoms with Crippen LogP contribution >= 0.6 is 0 Å². The minimum absolute atomic E-state index is 0.0385. The lowest BCUT2D eigenvalue weighted by Gasteiger charge is -2.37. The molecule has 1 aliphatic rings. The van der Waals surface area contributed by atoms with E-state index in [4.69, 9.17) is 0 Å². The van der Waals surface area contributed by atoms with Crippen molar-refractivity contribution in [1.29, 1.82) is 0 Å². The number of rotatable bonds is 2. The first kappa shape index (κ1) is 19.3. The molecule has 0 saturated carbocycles. The highest BCUT2D eigenvalue weighted by Gasteiger charge is 2.57. The van der Waals surface area contributed by atoms with Gasteiger partial charge in [-0.25, -0.2) is 13.8 Å². The van der Waals surface area contributed by atoms with Crippen LogP contribution in [0.1, 0.15) is 25.6 Å². The molecule has 2 heterocycles. The van der Waals surface area contributed by atoms with Gasteiger partial charge in [0, 0.05) is 12.6 Å². The zero-order chi connectivity index (χ0) is 20.1. The van der Waals surface area contributed by atoms with Crippen molar-refractivity contribution in [3.63, 3.8) is 0 Å². The van der Waals surface area contributed by atoms with E-state index in [2.05, 4.69) is 4.98 Å². The van der Waals surface area contributed by atoms with Gasteiger partial charge in [0.05, 0.1) is 30.0 Å². The van der Waals surface area contributed by atoms with Crippen LogP contribution < -0.4 is 0 Å². The molecular formula is C17H16F5N3O2. The first-order valence-electron chi connectivity index (χ1n) is 8.03.